The quantitative estimate of drug-likeness (QED) is 0.552. The Balaban J connectivity index is 2.00. The molecule has 2 aliphatic rings. The van der Waals surface area contributed by atoms with Gasteiger partial charge >= 0.3 is 0 Å². The highest BCUT2D eigenvalue weighted by atomic mass is 14.9. The Hall–Kier alpha value is -0.370. The molecule has 1 fully saturated rings. The maximum absolute atomic E-state index is 4.34. The summed E-state index contributed by atoms with van der Waals surface area (Å²) in [5, 5.41) is 3.47. The van der Waals surface area contributed by atoms with Crippen molar-refractivity contribution in [2.75, 3.05) is 19.6 Å². The van der Waals surface area contributed by atoms with E-state index in [4.69, 9.17) is 0 Å². The molecule has 0 saturated carbocycles. The molecule has 0 aliphatic carbocycles. The molecule has 0 radical (unpaired) electrons. The summed E-state index contributed by atoms with van der Waals surface area (Å²) in [6.45, 7) is 3.48. The SMILES string of the molecule is C1=NCC2CNCCCC2C1. The van der Waals surface area contributed by atoms with Crippen LogP contribution in [0.4, 0.5) is 0 Å². The first-order valence-electron chi connectivity index (χ1n) is 4.66. The van der Waals surface area contributed by atoms with E-state index < -0.39 is 0 Å². The van der Waals surface area contributed by atoms with Crippen LogP contribution in [0.2, 0.25) is 0 Å². The fourth-order valence-corrected chi connectivity index (χ4v) is 2.12. The number of hydrogen-bond donors (Lipinski definition) is 1. The minimum absolute atomic E-state index is 0.836. The van der Waals surface area contributed by atoms with E-state index in [1.807, 2.05) is 0 Å². The van der Waals surface area contributed by atoms with E-state index in [0.717, 1.165) is 18.4 Å². The Morgan fingerprint density at radius 2 is 2.36 bits per heavy atom. The molecule has 1 N–H and O–H groups in total. The lowest BCUT2D eigenvalue weighted by molar-refractivity contribution is 0.335. The van der Waals surface area contributed by atoms with Crippen LogP contribution in [0.1, 0.15) is 19.3 Å². The first-order chi connectivity index (χ1) is 5.47. The fourth-order valence-electron chi connectivity index (χ4n) is 2.12. The monoisotopic (exact) mass is 152 g/mol. The molecule has 0 aromatic carbocycles. The molecule has 2 aliphatic heterocycles. The molecular weight excluding hydrogens is 136 g/mol. The molecule has 0 amide bonds. The lowest BCUT2D eigenvalue weighted by Gasteiger charge is -2.24. The summed E-state index contributed by atoms with van der Waals surface area (Å²) in [5.41, 5.74) is 0. The summed E-state index contributed by atoms with van der Waals surface area (Å²) in [7, 11) is 0. The fraction of sp³-hybridized carbons (Fsp3) is 0.889. The minimum atomic E-state index is 0.836. The van der Waals surface area contributed by atoms with E-state index in [0.29, 0.717) is 0 Å². The Kier molecular flexibility index (Phi) is 2.22. The molecule has 2 rings (SSSR count). The van der Waals surface area contributed by atoms with Gasteiger partial charge in [-0.05, 0) is 50.4 Å². The number of aliphatic imine (C=N–C) groups is 1. The van der Waals surface area contributed by atoms with Gasteiger partial charge in [-0.25, -0.2) is 0 Å². The topological polar surface area (TPSA) is 24.4 Å². The lowest BCUT2D eigenvalue weighted by Crippen LogP contribution is -2.29. The van der Waals surface area contributed by atoms with Crippen LogP contribution in [0.5, 0.6) is 0 Å². The van der Waals surface area contributed by atoms with Gasteiger partial charge in [-0.2, -0.15) is 0 Å². The van der Waals surface area contributed by atoms with Crippen LogP contribution in [0, 0.1) is 11.8 Å². The molecule has 0 spiro atoms. The molecular formula is C9H16N2. The van der Waals surface area contributed by atoms with Gasteiger partial charge in [-0.1, -0.05) is 0 Å². The van der Waals surface area contributed by atoms with Crippen LogP contribution in [-0.4, -0.2) is 25.8 Å². The van der Waals surface area contributed by atoms with Gasteiger partial charge in [0, 0.05) is 6.54 Å². The first-order valence-corrected chi connectivity index (χ1v) is 4.66. The maximum Gasteiger partial charge on any atom is 0.0428 e. The second-order valence-electron chi connectivity index (χ2n) is 3.65. The third-order valence-electron chi connectivity index (χ3n) is 2.88. The zero-order chi connectivity index (χ0) is 7.52. The van der Waals surface area contributed by atoms with Crippen molar-refractivity contribution in [3.05, 3.63) is 0 Å². The van der Waals surface area contributed by atoms with Gasteiger partial charge in [0.05, 0.1) is 0 Å². The molecule has 2 heterocycles. The third-order valence-corrected chi connectivity index (χ3v) is 2.88. The van der Waals surface area contributed by atoms with Crippen LogP contribution >= 0.6 is 0 Å². The molecule has 2 atom stereocenters. The van der Waals surface area contributed by atoms with Crippen molar-refractivity contribution >= 4 is 6.21 Å². The molecule has 1 saturated heterocycles. The van der Waals surface area contributed by atoms with E-state index >= 15 is 0 Å². The van der Waals surface area contributed by atoms with Gasteiger partial charge in [0.25, 0.3) is 0 Å². The maximum atomic E-state index is 4.34. The highest BCUT2D eigenvalue weighted by Crippen LogP contribution is 2.25. The number of rotatable bonds is 0. The summed E-state index contributed by atoms with van der Waals surface area (Å²) in [4.78, 5) is 4.34. The van der Waals surface area contributed by atoms with Gasteiger partial charge < -0.3 is 5.32 Å². The zero-order valence-corrected chi connectivity index (χ0v) is 6.92. The van der Waals surface area contributed by atoms with Gasteiger partial charge in [-0.15, -0.1) is 0 Å². The van der Waals surface area contributed by atoms with Crippen molar-refractivity contribution in [3.63, 3.8) is 0 Å². The third kappa shape index (κ3) is 1.62. The standard InChI is InChI=1S/C9H16N2/c1-2-8-3-5-11-7-9(8)6-10-4-1/h5,8-10H,1-4,6-7H2. The van der Waals surface area contributed by atoms with E-state index in [2.05, 4.69) is 16.5 Å². The Bertz CT molecular complexity index is 138. The molecule has 2 nitrogen and oxygen atoms in total. The average molecular weight is 152 g/mol. The molecule has 2 heteroatoms. The predicted octanol–water partition coefficient (Wildman–Crippen LogP) is 1.08. The van der Waals surface area contributed by atoms with Gasteiger partial charge in [0.2, 0.25) is 0 Å². The summed E-state index contributed by atoms with van der Waals surface area (Å²) < 4.78 is 0. The average Bonchev–Trinajstić information content (AvgIpc) is 2.28. The lowest BCUT2D eigenvalue weighted by atomic mass is 9.85. The van der Waals surface area contributed by atoms with Gasteiger partial charge in [0.15, 0.2) is 0 Å². The summed E-state index contributed by atoms with van der Waals surface area (Å²) in [6, 6.07) is 0. The number of hydrogen-bond acceptors (Lipinski definition) is 2. The van der Waals surface area contributed by atoms with Crippen molar-refractivity contribution < 1.29 is 0 Å². The largest absolute Gasteiger partial charge is 0.316 e. The van der Waals surface area contributed by atoms with E-state index in [9.17, 15) is 0 Å². The minimum Gasteiger partial charge on any atom is -0.316 e. The number of nitrogens with one attached hydrogen (secondary N) is 1. The summed E-state index contributed by atoms with van der Waals surface area (Å²) >= 11 is 0. The zero-order valence-electron chi connectivity index (χ0n) is 6.92. The highest BCUT2D eigenvalue weighted by molar-refractivity contribution is 5.58. The Morgan fingerprint density at radius 1 is 1.36 bits per heavy atom. The van der Waals surface area contributed by atoms with Gasteiger partial charge in [0.1, 0.15) is 0 Å². The normalized spacial score (nSPS) is 37.8. The van der Waals surface area contributed by atoms with Crippen LogP contribution < -0.4 is 5.32 Å². The van der Waals surface area contributed by atoms with E-state index in [1.54, 1.807) is 0 Å². The molecule has 0 aromatic heterocycles. The van der Waals surface area contributed by atoms with Crippen LogP contribution in [-0.2, 0) is 0 Å². The highest BCUT2D eigenvalue weighted by Gasteiger charge is 2.24. The second-order valence-corrected chi connectivity index (χ2v) is 3.65. The van der Waals surface area contributed by atoms with Crippen LogP contribution in [0.3, 0.4) is 0 Å². The first kappa shape index (κ1) is 7.29. The van der Waals surface area contributed by atoms with E-state index in [1.165, 1.54) is 32.4 Å². The van der Waals surface area contributed by atoms with Crippen LogP contribution in [0.25, 0.3) is 0 Å². The molecule has 0 bridgehead atoms. The molecule has 62 valence electrons. The Morgan fingerprint density at radius 3 is 3.36 bits per heavy atom. The summed E-state index contributed by atoms with van der Waals surface area (Å²) in [6.07, 6.45) is 6.11. The van der Waals surface area contributed by atoms with Crippen molar-refractivity contribution in [1.29, 1.82) is 0 Å². The predicted molar refractivity (Wildman–Crippen MR) is 47.1 cm³/mol. The summed E-state index contributed by atoms with van der Waals surface area (Å²) in [5.74, 6) is 1.77. The Labute approximate surface area is 68.1 Å². The van der Waals surface area contributed by atoms with Crippen molar-refractivity contribution in [1.82, 2.24) is 5.32 Å². The molecule has 11 heavy (non-hydrogen) atoms. The van der Waals surface area contributed by atoms with Crippen molar-refractivity contribution in [2.24, 2.45) is 16.8 Å². The van der Waals surface area contributed by atoms with E-state index in [-0.39, 0.29) is 0 Å². The number of nitrogens with zero attached hydrogens (tertiary/aromatic N) is 1. The van der Waals surface area contributed by atoms with Crippen LogP contribution in [0.15, 0.2) is 4.99 Å². The second kappa shape index (κ2) is 3.35. The van der Waals surface area contributed by atoms with Gasteiger partial charge in [-0.3, -0.25) is 4.99 Å². The van der Waals surface area contributed by atoms with Crippen molar-refractivity contribution in [2.45, 2.75) is 19.3 Å². The smallest absolute Gasteiger partial charge is 0.0428 e. The molecule has 0 aromatic rings. The number of fused-ring (bicyclic) bond motifs is 1. The molecule has 2 unspecified atom stereocenters. The van der Waals surface area contributed by atoms with Crippen molar-refractivity contribution in [3.8, 4) is 0 Å².